The number of anilines is 1. The van der Waals surface area contributed by atoms with E-state index in [1.807, 2.05) is 6.92 Å². The van der Waals surface area contributed by atoms with Gasteiger partial charge >= 0.3 is 0 Å². The highest BCUT2D eigenvalue weighted by atomic mass is 79.9. The maximum Gasteiger partial charge on any atom is 0.257 e. The second kappa shape index (κ2) is 10.9. The van der Waals surface area contributed by atoms with Gasteiger partial charge < -0.3 is 19.5 Å². The lowest BCUT2D eigenvalue weighted by molar-refractivity contribution is 0.0915. The van der Waals surface area contributed by atoms with E-state index in [2.05, 4.69) is 31.3 Å². The number of sulfonamides is 1. The molecule has 11 nitrogen and oxygen atoms in total. The number of benzene rings is 1. The quantitative estimate of drug-likeness (QED) is 0.387. The van der Waals surface area contributed by atoms with Crippen LogP contribution < -0.4 is 14.8 Å². The lowest BCUT2D eigenvalue weighted by Crippen LogP contribution is -2.41. The van der Waals surface area contributed by atoms with Gasteiger partial charge in [-0.25, -0.2) is 13.4 Å². The summed E-state index contributed by atoms with van der Waals surface area (Å²) in [5.74, 6) is 0.778. The average molecular weight is 580 g/mol. The van der Waals surface area contributed by atoms with Gasteiger partial charge in [0.1, 0.15) is 22.5 Å². The van der Waals surface area contributed by atoms with Gasteiger partial charge in [0, 0.05) is 51.1 Å². The standard InChI is InChI=1S/C23H26BrN5O6S/c1-15(14-33-3)34-17-9-16(22(30)26-21-5-8-28(2)27-21)10-18(11-17)35-23-20(24)12-19(13-25-23)36(31,32)29-6-4-7-29/h5,8-13,15H,4,6-7,14H2,1-3H3,(H,26,27,30)/t15-/m0/s1. The summed E-state index contributed by atoms with van der Waals surface area (Å²) in [7, 11) is -0.275. The minimum Gasteiger partial charge on any atom is -0.488 e. The van der Waals surface area contributed by atoms with Crippen LogP contribution in [0.25, 0.3) is 0 Å². The molecule has 4 rings (SSSR count). The number of ether oxygens (including phenoxy) is 3. The zero-order valence-electron chi connectivity index (χ0n) is 20.0. The Hall–Kier alpha value is -3.00. The van der Waals surface area contributed by atoms with Crippen molar-refractivity contribution in [3.8, 4) is 17.4 Å². The summed E-state index contributed by atoms with van der Waals surface area (Å²) in [4.78, 5) is 17.2. The van der Waals surface area contributed by atoms with E-state index in [4.69, 9.17) is 14.2 Å². The van der Waals surface area contributed by atoms with Gasteiger partial charge in [0.25, 0.3) is 5.91 Å². The molecule has 1 aliphatic heterocycles. The third-order valence-electron chi connectivity index (χ3n) is 5.29. The Morgan fingerprint density at radius 2 is 1.97 bits per heavy atom. The molecular weight excluding hydrogens is 554 g/mol. The summed E-state index contributed by atoms with van der Waals surface area (Å²) >= 11 is 3.35. The van der Waals surface area contributed by atoms with Crippen LogP contribution in [0.5, 0.6) is 17.4 Å². The Kier molecular flexibility index (Phi) is 7.93. The first-order chi connectivity index (χ1) is 17.2. The van der Waals surface area contributed by atoms with Crippen LogP contribution in [0.3, 0.4) is 0 Å². The van der Waals surface area contributed by atoms with Crippen molar-refractivity contribution in [2.24, 2.45) is 7.05 Å². The Morgan fingerprint density at radius 1 is 1.22 bits per heavy atom. The highest BCUT2D eigenvalue weighted by Crippen LogP contribution is 2.33. The molecular formula is C23H26BrN5O6S. The van der Waals surface area contributed by atoms with Crippen LogP contribution in [-0.2, 0) is 21.8 Å². The summed E-state index contributed by atoms with van der Waals surface area (Å²) in [6, 6.07) is 7.86. The highest BCUT2D eigenvalue weighted by Gasteiger charge is 2.30. The Bertz CT molecular complexity index is 1360. The number of nitrogens with zero attached hydrogens (tertiary/aromatic N) is 4. The highest BCUT2D eigenvalue weighted by molar-refractivity contribution is 9.10. The Balaban J connectivity index is 1.60. The van der Waals surface area contributed by atoms with Crippen molar-refractivity contribution in [3.05, 3.63) is 52.8 Å². The van der Waals surface area contributed by atoms with Gasteiger partial charge in [0.05, 0.1) is 17.3 Å². The summed E-state index contributed by atoms with van der Waals surface area (Å²) in [5.41, 5.74) is 0.269. The van der Waals surface area contributed by atoms with Gasteiger partial charge in [-0.15, -0.1) is 0 Å². The van der Waals surface area contributed by atoms with Crippen molar-refractivity contribution in [1.29, 1.82) is 0 Å². The molecule has 13 heteroatoms. The Morgan fingerprint density at radius 3 is 2.58 bits per heavy atom. The molecule has 0 spiro atoms. The summed E-state index contributed by atoms with van der Waals surface area (Å²) in [6.45, 7) is 3.17. The summed E-state index contributed by atoms with van der Waals surface area (Å²) in [5, 5.41) is 6.89. The molecule has 1 aliphatic rings. The molecule has 1 saturated heterocycles. The molecule has 1 fully saturated rings. The monoisotopic (exact) mass is 579 g/mol. The number of pyridine rings is 1. The van der Waals surface area contributed by atoms with Crippen LogP contribution in [0.1, 0.15) is 23.7 Å². The molecule has 192 valence electrons. The SMILES string of the molecule is COC[C@H](C)Oc1cc(Oc2ncc(S(=O)(=O)N3CCC3)cc2Br)cc(C(=O)Nc2ccn(C)n2)c1. The third kappa shape index (κ3) is 6.03. The number of carbonyl (C=O) groups excluding carboxylic acids is 1. The lowest BCUT2D eigenvalue weighted by Gasteiger charge is -2.29. The minimum absolute atomic E-state index is 0.0716. The number of aromatic nitrogens is 3. The predicted molar refractivity (Wildman–Crippen MR) is 135 cm³/mol. The van der Waals surface area contributed by atoms with E-state index in [0.29, 0.717) is 35.7 Å². The van der Waals surface area contributed by atoms with Crippen molar-refractivity contribution >= 4 is 37.7 Å². The van der Waals surface area contributed by atoms with Crippen molar-refractivity contribution in [2.45, 2.75) is 24.3 Å². The molecule has 2 aromatic heterocycles. The van der Waals surface area contributed by atoms with Gasteiger partial charge in [-0.3, -0.25) is 9.48 Å². The second-order valence-corrected chi connectivity index (χ2v) is 11.0. The predicted octanol–water partition coefficient (Wildman–Crippen LogP) is 3.43. The molecule has 0 bridgehead atoms. The van der Waals surface area contributed by atoms with Crippen LogP contribution in [0.2, 0.25) is 0 Å². The van der Waals surface area contributed by atoms with E-state index in [9.17, 15) is 13.2 Å². The van der Waals surface area contributed by atoms with E-state index in [-0.39, 0.29) is 28.2 Å². The normalized spacial score (nSPS) is 14.7. The number of nitrogens with one attached hydrogen (secondary N) is 1. The number of rotatable bonds is 10. The van der Waals surface area contributed by atoms with E-state index in [1.54, 1.807) is 43.2 Å². The van der Waals surface area contributed by atoms with E-state index >= 15 is 0 Å². The number of halogens is 1. The summed E-state index contributed by atoms with van der Waals surface area (Å²) < 4.78 is 45.6. The molecule has 0 aliphatic carbocycles. The van der Waals surface area contributed by atoms with E-state index < -0.39 is 15.9 Å². The van der Waals surface area contributed by atoms with Crippen molar-refractivity contribution < 1.29 is 27.4 Å². The number of methoxy groups -OCH3 is 1. The maximum atomic E-state index is 12.9. The van der Waals surface area contributed by atoms with Crippen molar-refractivity contribution in [1.82, 2.24) is 19.1 Å². The first-order valence-electron chi connectivity index (χ1n) is 11.1. The molecule has 3 aromatic rings. The molecule has 0 saturated carbocycles. The zero-order chi connectivity index (χ0) is 25.9. The maximum absolute atomic E-state index is 12.9. The molecule has 0 radical (unpaired) electrons. The molecule has 36 heavy (non-hydrogen) atoms. The number of hydrogen-bond donors (Lipinski definition) is 1. The van der Waals surface area contributed by atoms with Crippen LogP contribution >= 0.6 is 15.9 Å². The first kappa shape index (κ1) is 26.1. The van der Waals surface area contributed by atoms with Gasteiger partial charge in [-0.1, -0.05) is 0 Å². The van der Waals surface area contributed by atoms with Crippen LogP contribution in [0.15, 0.2) is 52.1 Å². The molecule has 1 atom stereocenters. The van der Waals surface area contributed by atoms with Crippen molar-refractivity contribution in [3.63, 3.8) is 0 Å². The van der Waals surface area contributed by atoms with Gasteiger partial charge in [-0.2, -0.15) is 9.40 Å². The van der Waals surface area contributed by atoms with Gasteiger partial charge in [0.2, 0.25) is 15.9 Å². The van der Waals surface area contributed by atoms with E-state index in [0.717, 1.165) is 6.42 Å². The molecule has 1 amide bonds. The van der Waals surface area contributed by atoms with Crippen LogP contribution in [0, 0.1) is 0 Å². The van der Waals surface area contributed by atoms with E-state index in [1.165, 1.54) is 22.6 Å². The second-order valence-electron chi connectivity index (χ2n) is 8.22. The third-order valence-corrected chi connectivity index (χ3v) is 7.72. The molecule has 1 aromatic carbocycles. The smallest absolute Gasteiger partial charge is 0.257 e. The number of carbonyl (C=O) groups is 1. The molecule has 0 unspecified atom stereocenters. The lowest BCUT2D eigenvalue weighted by atomic mass is 10.2. The Labute approximate surface area is 217 Å². The van der Waals surface area contributed by atoms with Crippen LogP contribution in [-0.4, -0.2) is 66.3 Å². The average Bonchev–Trinajstić information content (AvgIpc) is 3.18. The topological polar surface area (TPSA) is 125 Å². The molecule has 1 N–H and O–H groups in total. The number of aryl methyl sites for hydroxylation is 1. The zero-order valence-corrected chi connectivity index (χ0v) is 22.4. The van der Waals surface area contributed by atoms with Crippen molar-refractivity contribution in [2.75, 3.05) is 32.1 Å². The van der Waals surface area contributed by atoms with Gasteiger partial charge in [-0.05, 0) is 47.5 Å². The number of amides is 1. The summed E-state index contributed by atoms with van der Waals surface area (Å²) in [6.07, 6.45) is 3.52. The van der Waals surface area contributed by atoms with Gasteiger partial charge in [0.15, 0.2) is 5.82 Å². The minimum atomic E-state index is -3.59. The molecule has 3 heterocycles. The fraction of sp³-hybridized carbons (Fsp3) is 0.348. The van der Waals surface area contributed by atoms with Crippen LogP contribution in [0.4, 0.5) is 5.82 Å². The fourth-order valence-electron chi connectivity index (χ4n) is 3.41. The fourth-order valence-corrected chi connectivity index (χ4v) is 5.48. The number of hydrogen-bond acceptors (Lipinski definition) is 8. The first-order valence-corrected chi connectivity index (χ1v) is 13.3. The largest absolute Gasteiger partial charge is 0.488 e.